The quantitative estimate of drug-likeness (QED) is 0.829. The molecule has 0 aliphatic carbocycles. The number of piperidine rings is 1. The molecule has 1 fully saturated rings. The van der Waals surface area contributed by atoms with Crippen molar-refractivity contribution in [3.05, 3.63) is 35.9 Å². The summed E-state index contributed by atoms with van der Waals surface area (Å²) in [5.41, 5.74) is 0.00940. The summed E-state index contributed by atoms with van der Waals surface area (Å²) < 4.78 is 5.63. The molecule has 2 N–H and O–H groups in total. The van der Waals surface area contributed by atoms with E-state index in [0.29, 0.717) is 0 Å². The highest BCUT2D eigenvalue weighted by Crippen LogP contribution is 2.38. The third kappa shape index (κ3) is 4.35. The van der Waals surface area contributed by atoms with Crippen LogP contribution in [0.15, 0.2) is 30.3 Å². The van der Waals surface area contributed by atoms with E-state index < -0.39 is 17.1 Å². The van der Waals surface area contributed by atoms with Crippen molar-refractivity contribution in [3.63, 3.8) is 0 Å². The molecule has 1 atom stereocenters. The van der Waals surface area contributed by atoms with E-state index in [1.54, 1.807) is 0 Å². The van der Waals surface area contributed by atoms with E-state index in [1.807, 2.05) is 51.1 Å². The fourth-order valence-electron chi connectivity index (χ4n) is 3.37. The van der Waals surface area contributed by atoms with Crippen molar-refractivity contribution in [2.45, 2.75) is 57.6 Å². The Morgan fingerprint density at radius 2 is 1.75 bits per heavy atom. The summed E-state index contributed by atoms with van der Waals surface area (Å²) in [4.78, 5) is 24.7. The van der Waals surface area contributed by atoms with Crippen molar-refractivity contribution in [2.24, 2.45) is 0 Å². The van der Waals surface area contributed by atoms with Gasteiger partial charge >= 0.3 is 5.97 Å². The zero-order valence-corrected chi connectivity index (χ0v) is 15.0. The molecule has 5 heteroatoms. The predicted molar refractivity (Wildman–Crippen MR) is 93.7 cm³/mol. The molecule has 1 saturated heterocycles. The minimum Gasteiger partial charge on any atom is -0.458 e. The molecule has 0 bridgehead atoms. The molecule has 0 saturated carbocycles. The number of carbonyl (C=O) groups excluding carboxylic acids is 2. The van der Waals surface area contributed by atoms with Crippen LogP contribution in [0, 0.1) is 0 Å². The van der Waals surface area contributed by atoms with E-state index in [1.165, 1.54) is 6.92 Å². The van der Waals surface area contributed by atoms with Gasteiger partial charge in [0, 0.05) is 12.3 Å². The first-order valence-corrected chi connectivity index (χ1v) is 8.51. The van der Waals surface area contributed by atoms with Gasteiger partial charge in [-0.2, -0.15) is 0 Å². The van der Waals surface area contributed by atoms with Crippen LogP contribution in [-0.4, -0.2) is 36.6 Å². The van der Waals surface area contributed by atoms with Gasteiger partial charge in [0.1, 0.15) is 11.6 Å². The Hall–Kier alpha value is -1.88. The van der Waals surface area contributed by atoms with Crippen LogP contribution in [0.1, 0.15) is 46.1 Å². The Morgan fingerprint density at radius 3 is 2.25 bits per heavy atom. The lowest BCUT2D eigenvalue weighted by atomic mass is 9.67. The first kappa shape index (κ1) is 18.5. The maximum atomic E-state index is 12.9. The van der Waals surface area contributed by atoms with Crippen LogP contribution in [-0.2, 0) is 19.7 Å². The number of hydrogen-bond donors (Lipinski definition) is 2. The second kappa shape index (κ2) is 7.34. The SMILES string of the molecule is CC(=O)NC(C(=O)OC(C)(C)C)C1(c2ccccc2)CCNCC1. The fourth-order valence-corrected chi connectivity index (χ4v) is 3.37. The molecule has 1 aromatic rings. The minimum absolute atomic E-state index is 0.223. The maximum Gasteiger partial charge on any atom is 0.330 e. The van der Waals surface area contributed by atoms with E-state index in [9.17, 15) is 9.59 Å². The molecule has 1 aromatic carbocycles. The molecule has 132 valence electrons. The summed E-state index contributed by atoms with van der Waals surface area (Å²) in [6.45, 7) is 8.56. The normalized spacial score (nSPS) is 18.5. The van der Waals surface area contributed by atoms with Gasteiger partial charge in [0.25, 0.3) is 0 Å². The smallest absolute Gasteiger partial charge is 0.330 e. The maximum absolute atomic E-state index is 12.9. The summed E-state index contributed by atoms with van der Waals surface area (Å²) in [5, 5.41) is 6.21. The Balaban J connectivity index is 2.45. The third-order valence-electron chi connectivity index (χ3n) is 4.39. The van der Waals surface area contributed by atoms with Crippen LogP contribution < -0.4 is 10.6 Å². The standard InChI is InChI=1S/C19H28N2O3/c1-14(22)21-16(17(23)24-18(2,3)4)19(10-12-20-13-11-19)15-8-6-5-7-9-15/h5-9,16,20H,10-13H2,1-4H3,(H,21,22). The molecule has 24 heavy (non-hydrogen) atoms. The van der Waals surface area contributed by atoms with Gasteiger partial charge in [0.2, 0.25) is 5.91 Å². The molecule has 1 aliphatic rings. The highest BCUT2D eigenvalue weighted by Gasteiger charge is 2.47. The van der Waals surface area contributed by atoms with Gasteiger partial charge in [-0.25, -0.2) is 4.79 Å². The van der Waals surface area contributed by atoms with Crippen LogP contribution in [0.5, 0.6) is 0 Å². The molecule has 1 heterocycles. The average molecular weight is 332 g/mol. The summed E-state index contributed by atoms with van der Waals surface area (Å²) in [7, 11) is 0. The van der Waals surface area contributed by atoms with Crippen molar-refractivity contribution in [1.82, 2.24) is 10.6 Å². The van der Waals surface area contributed by atoms with Crippen molar-refractivity contribution >= 4 is 11.9 Å². The molecule has 2 rings (SSSR count). The van der Waals surface area contributed by atoms with Crippen LogP contribution in [0.3, 0.4) is 0 Å². The number of benzene rings is 1. The first-order chi connectivity index (χ1) is 11.2. The second-order valence-corrected chi connectivity index (χ2v) is 7.44. The van der Waals surface area contributed by atoms with Gasteiger partial charge in [-0.15, -0.1) is 0 Å². The lowest BCUT2D eigenvalue weighted by Gasteiger charge is -2.43. The van der Waals surface area contributed by atoms with Gasteiger partial charge in [0.15, 0.2) is 0 Å². The van der Waals surface area contributed by atoms with E-state index in [2.05, 4.69) is 10.6 Å². The summed E-state index contributed by atoms with van der Waals surface area (Å²) in [6, 6.07) is 9.27. The molecule has 0 radical (unpaired) electrons. The second-order valence-electron chi connectivity index (χ2n) is 7.44. The number of hydrogen-bond acceptors (Lipinski definition) is 4. The monoisotopic (exact) mass is 332 g/mol. The van der Waals surface area contributed by atoms with Gasteiger partial charge in [-0.3, -0.25) is 4.79 Å². The molecule has 1 aliphatic heterocycles. The van der Waals surface area contributed by atoms with E-state index in [0.717, 1.165) is 31.5 Å². The first-order valence-electron chi connectivity index (χ1n) is 8.51. The van der Waals surface area contributed by atoms with Crippen molar-refractivity contribution in [2.75, 3.05) is 13.1 Å². The molecule has 1 amide bonds. The predicted octanol–water partition coefficient (Wildman–Crippen LogP) is 2.15. The number of rotatable bonds is 4. The number of ether oxygens (including phenoxy) is 1. The molecule has 0 aromatic heterocycles. The van der Waals surface area contributed by atoms with Crippen LogP contribution in [0.25, 0.3) is 0 Å². The molecule has 1 unspecified atom stereocenters. The summed E-state index contributed by atoms with van der Waals surface area (Å²) in [6.07, 6.45) is 1.53. The van der Waals surface area contributed by atoms with E-state index >= 15 is 0 Å². The zero-order chi connectivity index (χ0) is 17.8. The van der Waals surface area contributed by atoms with E-state index in [4.69, 9.17) is 4.74 Å². The number of nitrogens with one attached hydrogen (secondary N) is 2. The molecular weight excluding hydrogens is 304 g/mol. The zero-order valence-electron chi connectivity index (χ0n) is 15.0. The van der Waals surface area contributed by atoms with Gasteiger partial charge in [0.05, 0.1) is 0 Å². The van der Waals surface area contributed by atoms with Crippen molar-refractivity contribution in [1.29, 1.82) is 0 Å². The lowest BCUT2D eigenvalue weighted by Crippen LogP contribution is -2.59. The minimum atomic E-state index is -0.696. The van der Waals surface area contributed by atoms with Gasteiger partial charge < -0.3 is 15.4 Å². The van der Waals surface area contributed by atoms with Gasteiger partial charge in [-0.05, 0) is 52.3 Å². The van der Waals surface area contributed by atoms with Gasteiger partial charge in [-0.1, -0.05) is 30.3 Å². The van der Waals surface area contributed by atoms with Crippen molar-refractivity contribution in [3.8, 4) is 0 Å². The third-order valence-corrected chi connectivity index (χ3v) is 4.39. The Labute approximate surface area is 144 Å². The van der Waals surface area contributed by atoms with Crippen LogP contribution >= 0.6 is 0 Å². The number of carbonyl (C=O) groups is 2. The Bertz CT molecular complexity index is 572. The topological polar surface area (TPSA) is 67.4 Å². The Morgan fingerprint density at radius 1 is 1.17 bits per heavy atom. The highest BCUT2D eigenvalue weighted by molar-refractivity contribution is 5.85. The van der Waals surface area contributed by atoms with Crippen LogP contribution in [0.2, 0.25) is 0 Å². The summed E-state index contributed by atoms with van der Waals surface area (Å²) >= 11 is 0. The highest BCUT2D eigenvalue weighted by atomic mass is 16.6. The number of esters is 1. The van der Waals surface area contributed by atoms with Crippen LogP contribution in [0.4, 0.5) is 0 Å². The lowest BCUT2D eigenvalue weighted by molar-refractivity contribution is -0.161. The summed E-state index contributed by atoms with van der Waals surface area (Å²) in [5.74, 6) is -0.594. The van der Waals surface area contributed by atoms with E-state index in [-0.39, 0.29) is 11.9 Å². The van der Waals surface area contributed by atoms with Crippen molar-refractivity contribution < 1.29 is 14.3 Å². The largest absolute Gasteiger partial charge is 0.458 e. The number of amides is 1. The average Bonchev–Trinajstić information content (AvgIpc) is 2.52. The molecule has 5 nitrogen and oxygen atoms in total. The fraction of sp³-hybridized carbons (Fsp3) is 0.579. The molecular formula is C19H28N2O3. The molecule has 0 spiro atoms. The Kier molecular flexibility index (Phi) is 5.65.